The Morgan fingerprint density at radius 3 is 2.29 bits per heavy atom. The molecule has 5 nitrogen and oxygen atoms in total. The lowest BCUT2D eigenvalue weighted by Gasteiger charge is -2.16. The Balaban J connectivity index is 2.13. The summed E-state index contributed by atoms with van der Waals surface area (Å²) in [5, 5.41) is 0. The lowest BCUT2D eigenvalue weighted by molar-refractivity contribution is -0.192. The van der Waals surface area contributed by atoms with Gasteiger partial charge in [-0.15, -0.1) is 0 Å². The molecule has 110 valence electrons. The van der Waals surface area contributed by atoms with Gasteiger partial charge in [0.05, 0.1) is 0 Å². The molecule has 0 aromatic heterocycles. The van der Waals surface area contributed by atoms with Crippen LogP contribution in [0.1, 0.15) is 0 Å². The molecule has 0 aliphatic heterocycles. The van der Waals surface area contributed by atoms with Crippen molar-refractivity contribution in [2.24, 2.45) is 5.84 Å². The molecule has 0 heterocycles. The minimum absolute atomic E-state index is 0.225. The van der Waals surface area contributed by atoms with Crippen molar-refractivity contribution in [1.82, 2.24) is 5.43 Å². The Labute approximate surface area is 119 Å². The number of nitrogens with two attached hydrogens (primary N) is 1. The number of carbonyl (C=O) groups is 1. The van der Waals surface area contributed by atoms with Crippen LogP contribution in [0.4, 0.5) is 8.78 Å². The minimum atomic E-state index is -4.07. The van der Waals surface area contributed by atoms with Crippen LogP contribution < -0.4 is 20.7 Å². The van der Waals surface area contributed by atoms with E-state index < -0.39 is 12.0 Å². The maximum atomic E-state index is 13.3. The zero-order chi connectivity index (χ0) is 15.3. The summed E-state index contributed by atoms with van der Waals surface area (Å²) in [5.41, 5.74) is 1.33. The largest absolute Gasteiger partial charge is 0.483 e. The van der Waals surface area contributed by atoms with Gasteiger partial charge in [-0.3, -0.25) is 10.2 Å². The van der Waals surface area contributed by atoms with E-state index in [1.807, 2.05) is 6.07 Å². The Bertz CT molecular complexity index is 621. The first kappa shape index (κ1) is 14.7. The monoisotopic (exact) mass is 294 g/mol. The molecule has 0 aliphatic carbocycles. The third-order valence-corrected chi connectivity index (χ3v) is 2.43. The van der Waals surface area contributed by atoms with Crippen molar-refractivity contribution in [3.63, 3.8) is 0 Å². The Morgan fingerprint density at radius 2 is 1.62 bits per heavy atom. The number of alkyl halides is 2. The summed E-state index contributed by atoms with van der Waals surface area (Å²) in [7, 11) is 0. The number of rotatable bonds is 5. The molecular formula is C14H12F2N2O3. The standard InChI is InChI=1S/C14H12F2N2O3/c15-14(16,13(19)18-17)21-12-8-4-7-11(9-12)20-10-5-2-1-3-6-10/h1-9H,17H2,(H,18,19). The third-order valence-electron chi connectivity index (χ3n) is 2.43. The average Bonchev–Trinajstić information content (AvgIpc) is 2.47. The van der Waals surface area contributed by atoms with E-state index in [1.54, 1.807) is 30.3 Å². The van der Waals surface area contributed by atoms with E-state index in [9.17, 15) is 13.6 Å². The summed E-state index contributed by atoms with van der Waals surface area (Å²) in [6, 6.07) is 14.3. The van der Waals surface area contributed by atoms with Crippen LogP contribution in [0.25, 0.3) is 0 Å². The molecule has 2 aromatic rings. The molecule has 0 saturated heterocycles. The number of ether oxygens (including phenoxy) is 2. The molecule has 0 spiro atoms. The number of hydrogen-bond acceptors (Lipinski definition) is 4. The second-order valence-electron chi connectivity index (χ2n) is 3.98. The maximum absolute atomic E-state index is 13.3. The highest BCUT2D eigenvalue weighted by Gasteiger charge is 2.41. The second kappa shape index (κ2) is 6.19. The van der Waals surface area contributed by atoms with Crippen molar-refractivity contribution in [3.8, 4) is 17.2 Å². The normalized spacial score (nSPS) is 10.8. The molecular weight excluding hydrogens is 282 g/mol. The SMILES string of the molecule is NNC(=O)C(F)(F)Oc1cccc(Oc2ccccc2)c1. The van der Waals surface area contributed by atoms with Crippen LogP contribution in [0.15, 0.2) is 54.6 Å². The first-order valence-corrected chi connectivity index (χ1v) is 5.92. The molecule has 7 heteroatoms. The van der Waals surface area contributed by atoms with E-state index in [4.69, 9.17) is 4.74 Å². The van der Waals surface area contributed by atoms with E-state index in [-0.39, 0.29) is 5.75 Å². The summed E-state index contributed by atoms with van der Waals surface area (Å²) in [6.07, 6.45) is -4.07. The van der Waals surface area contributed by atoms with Gasteiger partial charge < -0.3 is 9.47 Å². The van der Waals surface area contributed by atoms with Gasteiger partial charge in [0.1, 0.15) is 17.2 Å². The van der Waals surface area contributed by atoms with Crippen molar-refractivity contribution in [2.45, 2.75) is 6.11 Å². The molecule has 1 amide bonds. The van der Waals surface area contributed by atoms with Crippen LogP contribution >= 0.6 is 0 Å². The highest BCUT2D eigenvalue weighted by Crippen LogP contribution is 2.28. The van der Waals surface area contributed by atoms with Gasteiger partial charge >= 0.3 is 12.0 Å². The van der Waals surface area contributed by atoms with Crippen molar-refractivity contribution in [3.05, 3.63) is 54.6 Å². The van der Waals surface area contributed by atoms with Gasteiger partial charge in [0.25, 0.3) is 0 Å². The fourth-order valence-corrected chi connectivity index (χ4v) is 1.50. The van der Waals surface area contributed by atoms with Gasteiger partial charge in [-0.2, -0.15) is 8.78 Å². The number of para-hydroxylation sites is 1. The van der Waals surface area contributed by atoms with Gasteiger partial charge in [-0.25, -0.2) is 5.84 Å². The molecule has 0 unspecified atom stereocenters. The van der Waals surface area contributed by atoms with Crippen LogP contribution in [0.5, 0.6) is 17.2 Å². The molecule has 2 rings (SSSR count). The summed E-state index contributed by atoms with van der Waals surface area (Å²) in [5.74, 6) is 3.53. The number of halogens is 2. The fraction of sp³-hybridized carbons (Fsp3) is 0.0714. The first-order chi connectivity index (χ1) is 10.0. The molecule has 0 saturated carbocycles. The minimum Gasteiger partial charge on any atom is -0.457 e. The van der Waals surface area contributed by atoms with Crippen LogP contribution in [0.3, 0.4) is 0 Å². The molecule has 0 aliphatic rings. The number of hydrazine groups is 1. The topological polar surface area (TPSA) is 73.6 Å². The molecule has 2 aromatic carbocycles. The van der Waals surface area contributed by atoms with Gasteiger partial charge in [0, 0.05) is 6.07 Å². The lowest BCUT2D eigenvalue weighted by atomic mass is 10.3. The van der Waals surface area contributed by atoms with Crippen molar-refractivity contribution in [2.75, 3.05) is 0 Å². The fourth-order valence-electron chi connectivity index (χ4n) is 1.50. The summed E-state index contributed by atoms with van der Waals surface area (Å²) in [4.78, 5) is 10.9. The third kappa shape index (κ3) is 3.90. The van der Waals surface area contributed by atoms with Crippen molar-refractivity contribution < 1.29 is 23.0 Å². The number of hydrogen-bond donors (Lipinski definition) is 2. The zero-order valence-electron chi connectivity index (χ0n) is 10.8. The van der Waals surface area contributed by atoms with Crippen LogP contribution in [0, 0.1) is 0 Å². The molecule has 3 N–H and O–H groups in total. The Kier molecular flexibility index (Phi) is 4.34. The van der Waals surface area contributed by atoms with Crippen LogP contribution in [-0.4, -0.2) is 12.0 Å². The van der Waals surface area contributed by atoms with Crippen molar-refractivity contribution >= 4 is 5.91 Å². The van der Waals surface area contributed by atoms with E-state index in [0.29, 0.717) is 11.5 Å². The predicted molar refractivity (Wildman–Crippen MR) is 70.9 cm³/mol. The molecule has 0 bridgehead atoms. The zero-order valence-corrected chi connectivity index (χ0v) is 10.8. The number of benzene rings is 2. The number of carbonyl (C=O) groups excluding carboxylic acids is 1. The summed E-state index contributed by atoms with van der Waals surface area (Å²) >= 11 is 0. The highest BCUT2D eigenvalue weighted by atomic mass is 19.3. The Hall–Kier alpha value is -2.67. The summed E-state index contributed by atoms with van der Waals surface area (Å²) < 4.78 is 36.4. The average molecular weight is 294 g/mol. The molecule has 0 atom stereocenters. The molecule has 21 heavy (non-hydrogen) atoms. The van der Waals surface area contributed by atoms with Crippen LogP contribution in [0.2, 0.25) is 0 Å². The molecule has 0 fully saturated rings. The number of amides is 1. The van der Waals surface area contributed by atoms with E-state index in [2.05, 4.69) is 10.6 Å². The predicted octanol–water partition coefficient (Wildman–Crippen LogP) is 2.44. The molecule has 0 radical (unpaired) electrons. The smallest absolute Gasteiger partial charge is 0.457 e. The lowest BCUT2D eigenvalue weighted by Crippen LogP contribution is -2.47. The first-order valence-electron chi connectivity index (χ1n) is 5.92. The van der Waals surface area contributed by atoms with Crippen molar-refractivity contribution in [1.29, 1.82) is 0 Å². The maximum Gasteiger partial charge on any atom is 0.483 e. The van der Waals surface area contributed by atoms with Gasteiger partial charge in [-0.1, -0.05) is 24.3 Å². The van der Waals surface area contributed by atoms with Gasteiger partial charge in [0.2, 0.25) is 0 Å². The second-order valence-corrected chi connectivity index (χ2v) is 3.98. The van der Waals surface area contributed by atoms with Gasteiger partial charge in [0.15, 0.2) is 0 Å². The highest BCUT2D eigenvalue weighted by molar-refractivity contribution is 5.81. The van der Waals surface area contributed by atoms with Crippen LogP contribution in [-0.2, 0) is 4.79 Å². The van der Waals surface area contributed by atoms with E-state index >= 15 is 0 Å². The number of nitrogens with one attached hydrogen (secondary N) is 1. The summed E-state index contributed by atoms with van der Waals surface area (Å²) in [6.45, 7) is 0. The van der Waals surface area contributed by atoms with Gasteiger partial charge in [-0.05, 0) is 24.3 Å². The van der Waals surface area contributed by atoms with E-state index in [1.165, 1.54) is 23.6 Å². The Morgan fingerprint density at radius 1 is 1.00 bits per heavy atom. The van der Waals surface area contributed by atoms with E-state index in [0.717, 1.165) is 0 Å². The quantitative estimate of drug-likeness (QED) is 0.504.